The summed E-state index contributed by atoms with van der Waals surface area (Å²) in [6.07, 6.45) is 36.3. The zero-order chi connectivity index (χ0) is 28.4. The second-order valence-electron chi connectivity index (χ2n) is 10.8. The lowest BCUT2D eigenvalue weighted by molar-refractivity contribution is 0.578. The molecule has 0 fully saturated rings. The molecule has 214 valence electrons. The van der Waals surface area contributed by atoms with Gasteiger partial charge in [0, 0.05) is 23.5 Å². The smallest absolute Gasteiger partial charge is 0.0627 e. The van der Waals surface area contributed by atoms with Crippen LogP contribution in [0.25, 0.3) is 12.2 Å². The van der Waals surface area contributed by atoms with Gasteiger partial charge in [0.2, 0.25) is 0 Å². The molecule has 0 radical (unpaired) electrons. The molecule has 0 unspecified atom stereocenters. The second kappa shape index (κ2) is 23.8. The monoisotopic (exact) mass is 536 g/mol. The van der Waals surface area contributed by atoms with E-state index in [-0.39, 0.29) is 0 Å². The normalized spacial score (nSPS) is 10.9. The summed E-state index contributed by atoms with van der Waals surface area (Å²) < 4.78 is 0. The van der Waals surface area contributed by atoms with Gasteiger partial charge in [0.1, 0.15) is 0 Å². The van der Waals surface area contributed by atoms with Crippen molar-refractivity contribution in [2.24, 2.45) is 0 Å². The Bertz CT molecular complexity index is 979. The van der Waals surface area contributed by atoms with E-state index in [0.717, 1.165) is 35.4 Å². The summed E-state index contributed by atoms with van der Waals surface area (Å²) in [6, 6.07) is 8.06. The maximum absolute atomic E-state index is 4.51. The first-order valence-electron chi connectivity index (χ1n) is 16.1. The van der Waals surface area contributed by atoms with E-state index in [1.54, 1.807) is 0 Å². The molecule has 0 aliphatic rings. The fraction of sp³-hybridized carbons (Fsp3) is 0.526. The summed E-state index contributed by atoms with van der Waals surface area (Å²) in [6.45, 7) is 4.54. The Labute approximate surface area is 246 Å². The average molecular weight is 537 g/mol. The molecule has 0 N–H and O–H groups in total. The Hall–Kier alpha value is -3.10. The molecule has 0 saturated carbocycles. The van der Waals surface area contributed by atoms with Gasteiger partial charge in [-0.05, 0) is 73.9 Å². The molecular formula is C38H52N2. The molecule has 40 heavy (non-hydrogen) atoms. The van der Waals surface area contributed by atoms with Gasteiger partial charge >= 0.3 is 0 Å². The SMILES string of the molecule is CCCCCCCCCC/C=C/c1ccc(C#CC#Cc2ccc(/C=C/CCCCCCCCCC)nc2)cn1. The number of aromatic nitrogens is 2. The van der Waals surface area contributed by atoms with Gasteiger partial charge < -0.3 is 0 Å². The van der Waals surface area contributed by atoms with E-state index in [4.69, 9.17) is 0 Å². The van der Waals surface area contributed by atoms with Crippen molar-refractivity contribution in [3.63, 3.8) is 0 Å². The molecule has 0 saturated heterocycles. The molecule has 2 heterocycles. The third kappa shape index (κ3) is 17.5. The first-order chi connectivity index (χ1) is 19.8. The molecule has 0 amide bonds. The van der Waals surface area contributed by atoms with Gasteiger partial charge in [-0.2, -0.15) is 0 Å². The number of hydrogen-bond acceptors (Lipinski definition) is 2. The van der Waals surface area contributed by atoms with Gasteiger partial charge in [0.25, 0.3) is 0 Å². The van der Waals surface area contributed by atoms with Gasteiger partial charge in [0.05, 0.1) is 11.4 Å². The highest BCUT2D eigenvalue weighted by molar-refractivity contribution is 5.49. The lowest BCUT2D eigenvalue weighted by atomic mass is 10.1. The number of hydrogen-bond donors (Lipinski definition) is 0. The van der Waals surface area contributed by atoms with Crippen molar-refractivity contribution in [1.82, 2.24) is 9.97 Å². The van der Waals surface area contributed by atoms with Crippen molar-refractivity contribution >= 4 is 12.2 Å². The van der Waals surface area contributed by atoms with Crippen molar-refractivity contribution in [1.29, 1.82) is 0 Å². The van der Waals surface area contributed by atoms with E-state index in [1.165, 1.54) is 103 Å². The van der Waals surface area contributed by atoms with Crippen LogP contribution in [0, 0.1) is 23.7 Å². The van der Waals surface area contributed by atoms with Crippen molar-refractivity contribution < 1.29 is 0 Å². The molecular weight excluding hydrogens is 484 g/mol. The predicted octanol–water partition coefficient (Wildman–Crippen LogP) is 11.0. The number of allylic oxidation sites excluding steroid dienone is 2. The van der Waals surface area contributed by atoms with E-state index in [0.29, 0.717) is 0 Å². The molecule has 2 nitrogen and oxygen atoms in total. The van der Waals surface area contributed by atoms with E-state index in [1.807, 2.05) is 36.7 Å². The Morgan fingerprint density at radius 2 is 0.875 bits per heavy atom. The predicted molar refractivity (Wildman–Crippen MR) is 175 cm³/mol. The Balaban J connectivity index is 1.62. The maximum Gasteiger partial charge on any atom is 0.0627 e. The highest BCUT2D eigenvalue weighted by atomic mass is 14.7. The summed E-state index contributed by atoms with van der Waals surface area (Å²) in [5.74, 6) is 12.0. The number of nitrogens with zero attached hydrogens (tertiary/aromatic N) is 2. The highest BCUT2D eigenvalue weighted by Crippen LogP contribution is 2.12. The van der Waals surface area contributed by atoms with Crippen LogP contribution in [0.15, 0.2) is 48.8 Å². The van der Waals surface area contributed by atoms with Crippen LogP contribution in [0.1, 0.15) is 152 Å². The van der Waals surface area contributed by atoms with Crippen molar-refractivity contribution in [3.8, 4) is 23.7 Å². The molecule has 0 atom stereocenters. The van der Waals surface area contributed by atoms with Gasteiger partial charge in [0.15, 0.2) is 0 Å². The quantitative estimate of drug-likeness (QED) is 0.124. The molecule has 2 rings (SSSR count). The molecule has 2 aromatic rings. The summed E-state index contributed by atoms with van der Waals surface area (Å²) in [5.41, 5.74) is 3.72. The van der Waals surface area contributed by atoms with Crippen LogP contribution in [0.5, 0.6) is 0 Å². The first-order valence-corrected chi connectivity index (χ1v) is 16.1. The third-order valence-corrected chi connectivity index (χ3v) is 7.07. The largest absolute Gasteiger partial charge is 0.256 e. The summed E-state index contributed by atoms with van der Waals surface area (Å²) in [5, 5.41) is 0. The van der Waals surface area contributed by atoms with Gasteiger partial charge in [-0.3, -0.25) is 9.97 Å². The Morgan fingerprint density at radius 3 is 1.23 bits per heavy atom. The van der Waals surface area contributed by atoms with Crippen LogP contribution in [-0.4, -0.2) is 9.97 Å². The lowest BCUT2D eigenvalue weighted by Crippen LogP contribution is -1.83. The molecule has 2 aromatic heterocycles. The lowest BCUT2D eigenvalue weighted by Gasteiger charge is -1.99. The van der Waals surface area contributed by atoms with E-state index < -0.39 is 0 Å². The van der Waals surface area contributed by atoms with E-state index >= 15 is 0 Å². The maximum atomic E-state index is 4.51. The molecule has 2 heteroatoms. The van der Waals surface area contributed by atoms with Crippen LogP contribution in [-0.2, 0) is 0 Å². The zero-order valence-electron chi connectivity index (χ0n) is 25.4. The fourth-order valence-corrected chi connectivity index (χ4v) is 4.56. The Morgan fingerprint density at radius 1 is 0.500 bits per heavy atom. The molecule has 0 aromatic carbocycles. The number of rotatable bonds is 20. The van der Waals surface area contributed by atoms with Crippen molar-refractivity contribution in [3.05, 3.63) is 71.3 Å². The van der Waals surface area contributed by atoms with Crippen molar-refractivity contribution in [2.45, 2.75) is 129 Å². The van der Waals surface area contributed by atoms with Gasteiger partial charge in [-0.15, -0.1) is 0 Å². The van der Waals surface area contributed by atoms with Crippen LogP contribution in [0.2, 0.25) is 0 Å². The van der Waals surface area contributed by atoms with Crippen LogP contribution >= 0.6 is 0 Å². The fourth-order valence-electron chi connectivity index (χ4n) is 4.56. The average Bonchev–Trinajstić information content (AvgIpc) is 2.98. The van der Waals surface area contributed by atoms with Gasteiger partial charge in [-0.25, -0.2) is 0 Å². The standard InChI is InChI=1S/C38H52N2/c1-3-5-7-9-11-13-15-17-19-21-27-37-31-29-35(33-39-37)25-23-24-26-36-30-32-38(40-34-36)28-22-20-18-16-14-12-10-8-6-4-2/h21-22,27-34H,3-20H2,1-2H3/b27-21+,28-22+. The van der Waals surface area contributed by atoms with Crippen molar-refractivity contribution in [2.75, 3.05) is 0 Å². The number of pyridine rings is 2. The molecule has 0 bridgehead atoms. The van der Waals surface area contributed by atoms with E-state index in [2.05, 4.69) is 71.8 Å². The molecule has 0 spiro atoms. The minimum Gasteiger partial charge on any atom is -0.256 e. The van der Waals surface area contributed by atoms with Gasteiger partial charge in [-0.1, -0.05) is 128 Å². The third-order valence-electron chi connectivity index (χ3n) is 7.07. The number of unbranched alkanes of at least 4 members (excludes halogenated alkanes) is 16. The van der Waals surface area contributed by atoms with E-state index in [9.17, 15) is 0 Å². The minimum absolute atomic E-state index is 0.879. The highest BCUT2D eigenvalue weighted by Gasteiger charge is 1.94. The summed E-state index contributed by atoms with van der Waals surface area (Å²) in [7, 11) is 0. The zero-order valence-corrected chi connectivity index (χ0v) is 25.4. The summed E-state index contributed by atoms with van der Waals surface area (Å²) in [4.78, 5) is 9.01. The Kier molecular flexibility index (Phi) is 19.7. The first kappa shape index (κ1) is 33.1. The molecule has 0 aliphatic heterocycles. The van der Waals surface area contributed by atoms with Crippen LogP contribution < -0.4 is 0 Å². The summed E-state index contributed by atoms with van der Waals surface area (Å²) >= 11 is 0. The topological polar surface area (TPSA) is 25.8 Å². The second-order valence-corrected chi connectivity index (χ2v) is 10.8. The van der Waals surface area contributed by atoms with Crippen LogP contribution in [0.4, 0.5) is 0 Å². The molecule has 0 aliphatic carbocycles. The minimum atomic E-state index is 0.879. The van der Waals surface area contributed by atoms with Crippen LogP contribution in [0.3, 0.4) is 0 Å².